The summed E-state index contributed by atoms with van der Waals surface area (Å²) in [6.45, 7) is 0. The van der Waals surface area contributed by atoms with Crippen molar-refractivity contribution in [2.45, 2.75) is 36.8 Å². The normalized spacial score (nSPS) is 11.3. The van der Waals surface area contributed by atoms with Crippen LogP contribution in [0.5, 0.6) is 0 Å². The number of hydrogen-bond acceptors (Lipinski definition) is 6. The van der Waals surface area contributed by atoms with Crippen molar-refractivity contribution in [3.05, 3.63) is 0 Å². The van der Waals surface area contributed by atoms with Gasteiger partial charge in [-0.25, -0.2) is 0 Å². The summed E-state index contributed by atoms with van der Waals surface area (Å²) >= 11 is 0. The first-order chi connectivity index (χ1) is 8.92. The SMILES string of the molecule is NC(CC(=O)O)(CC(=O)O)C(N)(CC(=O)O)CC(=O)O.[KH]. The van der Waals surface area contributed by atoms with E-state index in [1.54, 1.807) is 0 Å². The van der Waals surface area contributed by atoms with Gasteiger partial charge in [0.2, 0.25) is 0 Å². The molecule has 0 rings (SSSR count). The zero-order valence-electron chi connectivity index (χ0n) is 10.4. The zero-order chi connectivity index (χ0) is 16.1. The van der Waals surface area contributed by atoms with Gasteiger partial charge < -0.3 is 31.9 Å². The van der Waals surface area contributed by atoms with Crippen LogP contribution in [0.2, 0.25) is 0 Å². The van der Waals surface area contributed by atoms with Gasteiger partial charge in [0.05, 0.1) is 36.8 Å². The van der Waals surface area contributed by atoms with Gasteiger partial charge in [-0.1, -0.05) is 0 Å². The molecule has 0 aliphatic heterocycles. The predicted octanol–water partition coefficient (Wildman–Crippen LogP) is -2.37. The summed E-state index contributed by atoms with van der Waals surface area (Å²) in [5.74, 6) is -6.06. The number of carboxylic acid groups (broad SMARTS) is 4. The molecule has 10 nitrogen and oxygen atoms in total. The molecule has 0 aromatic carbocycles. The van der Waals surface area contributed by atoms with Crippen LogP contribution in [0.15, 0.2) is 0 Å². The second kappa shape index (κ2) is 8.78. The maximum absolute atomic E-state index is 10.8. The molecule has 0 unspecified atom stereocenters. The molecule has 11 heteroatoms. The summed E-state index contributed by atoms with van der Waals surface area (Å²) in [7, 11) is 0. The summed E-state index contributed by atoms with van der Waals surface area (Å²) in [4.78, 5) is 43.2. The molecule has 0 aromatic heterocycles. The third kappa shape index (κ3) is 7.31. The molecule has 8 N–H and O–H groups in total. The topological polar surface area (TPSA) is 201 Å². The Labute approximate surface area is 161 Å². The van der Waals surface area contributed by atoms with Crippen molar-refractivity contribution in [1.29, 1.82) is 0 Å². The van der Waals surface area contributed by atoms with Gasteiger partial charge in [0.25, 0.3) is 0 Å². The number of rotatable bonds is 9. The van der Waals surface area contributed by atoms with Gasteiger partial charge >= 0.3 is 75.3 Å². The number of nitrogens with two attached hydrogens (primary N) is 2. The molecule has 21 heavy (non-hydrogen) atoms. The average Bonchev–Trinajstić information content (AvgIpc) is 2.10. The van der Waals surface area contributed by atoms with Crippen LogP contribution in [0.3, 0.4) is 0 Å². The Morgan fingerprint density at radius 2 is 0.762 bits per heavy atom. The van der Waals surface area contributed by atoms with Gasteiger partial charge in [0, 0.05) is 0 Å². The maximum atomic E-state index is 10.8. The van der Waals surface area contributed by atoms with Crippen LogP contribution < -0.4 is 11.5 Å². The average molecular weight is 332 g/mol. The summed E-state index contributed by atoms with van der Waals surface area (Å²) < 4.78 is 0. The molecule has 0 aromatic rings. The van der Waals surface area contributed by atoms with Gasteiger partial charge in [0.1, 0.15) is 0 Å². The van der Waals surface area contributed by atoms with Crippen LogP contribution in [0, 0.1) is 0 Å². The number of hydrogen-bond donors (Lipinski definition) is 6. The Balaban J connectivity index is 0. The van der Waals surface area contributed by atoms with E-state index in [0.29, 0.717) is 0 Å². The monoisotopic (exact) mass is 332 g/mol. The quantitative estimate of drug-likeness (QED) is 0.248. The van der Waals surface area contributed by atoms with Gasteiger partial charge in [-0.3, -0.25) is 19.2 Å². The van der Waals surface area contributed by atoms with E-state index >= 15 is 0 Å². The van der Waals surface area contributed by atoms with Crippen LogP contribution >= 0.6 is 0 Å². The number of aliphatic carboxylic acids is 4. The van der Waals surface area contributed by atoms with Gasteiger partial charge in [-0.05, 0) is 0 Å². The molecule has 0 bridgehead atoms. The van der Waals surface area contributed by atoms with E-state index < -0.39 is 60.6 Å². The molecule has 116 valence electrons. The Morgan fingerprint density at radius 3 is 0.857 bits per heavy atom. The number of carboxylic acids is 4. The molecule has 0 heterocycles. The summed E-state index contributed by atoms with van der Waals surface area (Å²) in [6, 6.07) is 0. The standard InChI is InChI=1S/C10H16N2O8.K.H/c11-9(1-5(13)14,2-6(15)16)10(12,3-7(17)18)4-8(19)20;;/h1-4,11-12H2,(H,13,14)(H,15,16)(H,17,18)(H,19,20);;. The molecule has 0 amide bonds. The molecule has 0 spiro atoms. The van der Waals surface area contributed by atoms with Crippen molar-refractivity contribution in [3.63, 3.8) is 0 Å². The third-order valence-corrected chi connectivity index (χ3v) is 2.86. The first-order valence-electron chi connectivity index (χ1n) is 5.37. The van der Waals surface area contributed by atoms with E-state index in [1.165, 1.54) is 0 Å². The van der Waals surface area contributed by atoms with Crippen molar-refractivity contribution in [1.82, 2.24) is 0 Å². The molecular weight excluding hydrogens is 315 g/mol. The van der Waals surface area contributed by atoms with Crippen LogP contribution in [0.1, 0.15) is 25.7 Å². The molecule has 0 radical (unpaired) electrons. The van der Waals surface area contributed by atoms with Gasteiger partial charge in [0.15, 0.2) is 0 Å². The Hall–Kier alpha value is -0.564. The fourth-order valence-electron chi connectivity index (χ4n) is 1.91. The summed E-state index contributed by atoms with van der Waals surface area (Å²) in [5.41, 5.74) is 6.88. The molecule has 0 aliphatic rings. The van der Waals surface area contributed by atoms with Gasteiger partial charge in [-0.15, -0.1) is 0 Å². The van der Waals surface area contributed by atoms with Crippen LogP contribution in [-0.4, -0.2) is 107 Å². The second-order valence-corrected chi connectivity index (χ2v) is 4.59. The van der Waals surface area contributed by atoms with Crippen LogP contribution in [0.4, 0.5) is 0 Å². The van der Waals surface area contributed by atoms with E-state index in [-0.39, 0.29) is 51.4 Å². The predicted molar refractivity (Wildman–Crippen MR) is 70.0 cm³/mol. The van der Waals surface area contributed by atoms with E-state index in [4.69, 9.17) is 31.9 Å². The fraction of sp³-hybridized carbons (Fsp3) is 0.600. The summed E-state index contributed by atoms with van der Waals surface area (Å²) in [6.07, 6.45) is -3.90. The Bertz CT molecular complexity index is 367. The van der Waals surface area contributed by atoms with E-state index in [1.807, 2.05) is 0 Å². The molecule has 0 atom stereocenters. The Morgan fingerprint density at radius 1 is 0.619 bits per heavy atom. The van der Waals surface area contributed by atoms with Crippen molar-refractivity contribution in [2.24, 2.45) is 11.5 Å². The molecule has 0 saturated heterocycles. The Kier molecular flexibility index (Phi) is 9.49. The second-order valence-electron chi connectivity index (χ2n) is 4.59. The molecule has 0 saturated carbocycles. The molecule has 0 aliphatic carbocycles. The fourth-order valence-corrected chi connectivity index (χ4v) is 1.91. The number of carbonyl (C=O) groups is 4. The van der Waals surface area contributed by atoms with Crippen molar-refractivity contribution in [3.8, 4) is 0 Å². The minimum atomic E-state index is -2.22. The molecular formula is C10H17KN2O8. The van der Waals surface area contributed by atoms with E-state index in [9.17, 15) is 19.2 Å². The van der Waals surface area contributed by atoms with E-state index in [2.05, 4.69) is 0 Å². The van der Waals surface area contributed by atoms with E-state index in [0.717, 1.165) is 0 Å². The molecule has 0 fully saturated rings. The van der Waals surface area contributed by atoms with Crippen LogP contribution in [-0.2, 0) is 19.2 Å². The third-order valence-electron chi connectivity index (χ3n) is 2.86. The first kappa shape index (κ1) is 22.7. The minimum absolute atomic E-state index is 0. The van der Waals surface area contributed by atoms with Crippen molar-refractivity contribution < 1.29 is 39.6 Å². The van der Waals surface area contributed by atoms with Crippen LogP contribution in [0.25, 0.3) is 0 Å². The first-order valence-corrected chi connectivity index (χ1v) is 5.37. The van der Waals surface area contributed by atoms with Crippen molar-refractivity contribution in [2.75, 3.05) is 0 Å². The summed E-state index contributed by atoms with van der Waals surface area (Å²) in [5, 5.41) is 35.1. The zero-order valence-corrected chi connectivity index (χ0v) is 10.4. The van der Waals surface area contributed by atoms with Crippen molar-refractivity contribution >= 4 is 75.3 Å². The van der Waals surface area contributed by atoms with Gasteiger partial charge in [-0.2, -0.15) is 0 Å².